The molecule has 0 aliphatic carbocycles. The fraction of sp³-hybridized carbons (Fsp3) is 0.111. The van der Waals surface area contributed by atoms with Crippen LogP contribution in [-0.4, -0.2) is 4.98 Å². The van der Waals surface area contributed by atoms with E-state index in [9.17, 15) is 5.26 Å². The molecule has 0 spiro atoms. The highest BCUT2D eigenvalue weighted by atomic mass is 16.5. The summed E-state index contributed by atoms with van der Waals surface area (Å²) in [5.41, 5.74) is 3.30. The Bertz CT molecular complexity index is 863. The lowest BCUT2D eigenvalue weighted by atomic mass is 10.1. The van der Waals surface area contributed by atoms with Crippen LogP contribution in [0.5, 0.6) is 11.5 Å². The predicted molar refractivity (Wildman–Crippen MR) is 82.4 cm³/mol. The van der Waals surface area contributed by atoms with Crippen molar-refractivity contribution in [1.82, 2.24) is 4.98 Å². The second-order valence-electron chi connectivity index (χ2n) is 4.99. The van der Waals surface area contributed by atoms with E-state index in [1.165, 1.54) is 0 Å². The van der Waals surface area contributed by atoms with E-state index in [0.29, 0.717) is 17.1 Å². The first-order valence-electron chi connectivity index (χ1n) is 6.72. The Morgan fingerprint density at radius 1 is 1.00 bits per heavy atom. The largest absolute Gasteiger partial charge is 0.454 e. The normalized spacial score (nSPS) is 10.3. The molecule has 1 aromatic heterocycles. The summed E-state index contributed by atoms with van der Waals surface area (Å²) < 4.78 is 5.94. The SMILES string of the molecule is Cc1ccc(Oc2cccc3ccc(C)nc23)c(C#N)c1. The van der Waals surface area contributed by atoms with Gasteiger partial charge in [0.25, 0.3) is 0 Å². The molecular weight excluding hydrogens is 260 g/mol. The highest BCUT2D eigenvalue weighted by molar-refractivity contribution is 5.84. The highest BCUT2D eigenvalue weighted by Crippen LogP contribution is 2.30. The van der Waals surface area contributed by atoms with Crippen LogP contribution < -0.4 is 4.74 Å². The van der Waals surface area contributed by atoms with Gasteiger partial charge in [0.05, 0.1) is 5.56 Å². The summed E-state index contributed by atoms with van der Waals surface area (Å²) in [5.74, 6) is 1.22. The first kappa shape index (κ1) is 13.1. The van der Waals surface area contributed by atoms with E-state index >= 15 is 0 Å². The molecule has 0 aliphatic heterocycles. The molecule has 2 aromatic carbocycles. The van der Waals surface area contributed by atoms with Crippen LogP contribution in [0.15, 0.2) is 48.5 Å². The van der Waals surface area contributed by atoms with Crippen molar-refractivity contribution in [3.8, 4) is 17.6 Å². The number of aromatic nitrogens is 1. The summed E-state index contributed by atoms with van der Waals surface area (Å²) in [7, 11) is 0. The number of fused-ring (bicyclic) bond motifs is 1. The molecule has 0 saturated carbocycles. The smallest absolute Gasteiger partial charge is 0.153 e. The summed E-state index contributed by atoms with van der Waals surface area (Å²) in [6.45, 7) is 3.90. The van der Waals surface area contributed by atoms with Gasteiger partial charge in [-0.2, -0.15) is 5.26 Å². The van der Waals surface area contributed by atoms with Gasteiger partial charge in [0.1, 0.15) is 17.3 Å². The van der Waals surface area contributed by atoms with Crippen molar-refractivity contribution in [1.29, 1.82) is 5.26 Å². The molecule has 0 radical (unpaired) electrons. The number of aryl methyl sites for hydroxylation is 2. The summed E-state index contributed by atoms with van der Waals surface area (Å²) >= 11 is 0. The molecule has 0 saturated heterocycles. The molecule has 0 N–H and O–H groups in total. The van der Waals surface area contributed by atoms with Crippen molar-refractivity contribution in [2.75, 3.05) is 0 Å². The third kappa shape index (κ3) is 2.56. The fourth-order valence-electron chi connectivity index (χ4n) is 2.24. The fourth-order valence-corrected chi connectivity index (χ4v) is 2.24. The van der Waals surface area contributed by atoms with E-state index < -0.39 is 0 Å². The van der Waals surface area contributed by atoms with E-state index in [-0.39, 0.29) is 0 Å². The van der Waals surface area contributed by atoms with Gasteiger partial charge < -0.3 is 4.74 Å². The highest BCUT2D eigenvalue weighted by Gasteiger charge is 2.09. The number of hydrogen-bond acceptors (Lipinski definition) is 3. The molecule has 0 fully saturated rings. The van der Waals surface area contributed by atoms with Gasteiger partial charge in [0, 0.05) is 11.1 Å². The van der Waals surface area contributed by atoms with Crippen molar-refractivity contribution in [3.63, 3.8) is 0 Å². The van der Waals surface area contributed by atoms with Crippen LogP contribution in [0.25, 0.3) is 10.9 Å². The Labute approximate surface area is 123 Å². The van der Waals surface area contributed by atoms with Crippen LogP contribution in [0.3, 0.4) is 0 Å². The Balaban J connectivity index is 2.11. The van der Waals surface area contributed by atoms with Crippen LogP contribution in [0, 0.1) is 25.2 Å². The lowest BCUT2D eigenvalue weighted by molar-refractivity contribution is 0.485. The molecule has 1 heterocycles. The van der Waals surface area contributed by atoms with Crippen molar-refractivity contribution in [2.45, 2.75) is 13.8 Å². The van der Waals surface area contributed by atoms with E-state index in [0.717, 1.165) is 22.2 Å². The van der Waals surface area contributed by atoms with E-state index in [1.807, 2.05) is 62.4 Å². The molecule has 3 nitrogen and oxygen atoms in total. The third-order valence-electron chi connectivity index (χ3n) is 3.30. The van der Waals surface area contributed by atoms with Crippen molar-refractivity contribution < 1.29 is 4.74 Å². The van der Waals surface area contributed by atoms with Crippen LogP contribution in [0.4, 0.5) is 0 Å². The van der Waals surface area contributed by atoms with E-state index in [2.05, 4.69) is 11.1 Å². The number of nitriles is 1. The van der Waals surface area contributed by atoms with Gasteiger partial charge in [-0.3, -0.25) is 0 Å². The summed E-state index contributed by atoms with van der Waals surface area (Å²) in [5, 5.41) is 10.2. The van der Waals surface area contributed by atoms with Gasteiger partial charge in [0.15, 0.2) is 5.75 Å². The maximum absolute atomic E-state index is 9.23. The van der Waals surface area contributed by atoms with Gasteiger partial charge in [0.2, 0.25) is 0 Å². The molecule has 0 amide bonds. The Morgan fingerprint density at radius 2 is 1.86 bits per heavy atom. The van der Waals surface area contributed by atoms with E-state index in [1.54, 1.807) is 0 Å². The molecule has 102 valence electrons. The van der Waals surface area contributed by atoms with Crippen LogP contribution in [-0.2, 0) is 0 Å². The monoisotopic (exact) mass is 274 g/mol. The standard InChI is InChI=1S/C18H14N2O/c1-12-6-9-16(15(10-12)11-19)21-17-5-3-4-14-8-7-13(2)20-18(14)17/h3-10H,1-2H3. The maximum atomic E-state index is 9.23. The van der Waals surface area contributed by atoms with Gasteiger partial charge >= 0.3 is 0 Å². The average Bonchev–Trinajstić information content (AvgIpc) is 2.49. The first-order chi connectivity index (χ1) is 10.2. The molecule has 0 atom stereocenters. The molecule has 0 aliphatic rings. The number of para-hydroxylation sites is 1. The van der Waals surface area contributed by atoms with Gasteiger partial charge in [-0.05, 0) is 43.7 Å². The molecule has 3 rings (SSSR count). The second-order valence-corrected chi connectivity index (χ2v) is 4.99. The zero-order valence-electron chi connectivity index (χ0n) is 11.9. The number of ether oxygens (including phenoxy) is 1. The number of rotatable bonds is 2. The number of benzene rings is 2. The first-order valence-corrected chi connectivity index (χ1v) is 6.72. The number of nitrogens with zero attached hydrogens (tertiary/aromatic N) is 2. The van der Waals surface area contributed by atoms with Gasteiger partial charge in [-0.25, -0.2) is 4.98 Å². The minimum atomic E-state index is 0.527. The quantitative estimate of drug-likeness (QED) is 0.690. The van der Waals surface area contributed by atoms with Crippen LogP contribution in [0.1, 0.15) is 16.8 Å². The summed E-state index contributed by atoms with van der Waals surface area (Å²) in [4.78, 5) is 4.54. The molecular formula is C18H14N2O. The Kier molecular flexibility index (Phi) is 3.29. The second kappa shape index (κ2) is 5.26. The average molecular weight is 274 g/mol. The minimum Gasteiger partial charge on any atom is -0.454 e. The zero-order valence-corrected chi connectivity index (χ0v) is 11.9. The Hall–Kier alpha value is -2.86. The van der Waals surface area contributed by atoms with Gasteiger partial charge in [-0.1, -0.05) is 24.3 Å². The molecule has 0 bridgehead atoms. The lowest BCUT2D eigenvalue weighted by Crippen LogP contribution is -1.92. The maximum Gasteiger partial charge on any atom is 0.153 e. The van der Waals surface area contributed by atoms with E-state index in [4.69, 9.17) is 4.74 Å². The zero-order chi connectivity index (χ0) is 14.8. The van der Waals surface area contributed by atoms with Crippen LogP contribution >= 0.6 is 0 Å². The van der Waals surface area contributed by atoms with Gasteiger partial charge in [-0.15, -0.1) is 0 Å². The molecule has 21 heavy (non-hydrogen) atoms. The van der Waals surface area contributed by atoms with Crippen LogP contribution in [0.2, 0.25) is 0 Å². The third-order valence-corrected chi connectivity index (χ3v) is 3.30. The molecule has 0 unspecified atom stereocenters. The summed E-state index contributed by atoms with van der Waals surface area (Å²) in [6, 6.07) is 17.5. The number of pyridine rings is 1. The molecule has 3 heteroatoms. The Morgan fingerprint density at radius 3 is 2.67 bits per heavy atom. The summed E-state index contributed by atoms with van der Waals surface area (Å²) in [6.07, 6.45) is 0. The van der Waals surface area contributed by atoms with Crippen molar-refractivity contribution in [3.05, 3.63) is 65.4 Å². The topological polar surface area (TPSA) is 45.9 Å². The number of hydrogen-bond donors (Lipinski definition) is 0. The minimum absolute atomic E-state index is 0.527. The van der Waals surface area contributed by atoms with Crippen molar-refractivity contribution >= 4 is 10.9 Å². The molecule has 3 aromatic rings. The van der Waals surface area contributed by atoms with Crippen molar-refractivity contribution in [2.24, 2.45) is 0 Å². The lowest BCUT2D eigenvalue weighted by Gasteiger charge is -2.10. The predicted octanol–water partition coefficient (Wildman–Crippen LogP) is 4.52.